The van der Waals surface area contributed by atoms with Gasteiger partial charge in [-0.1, -0.05) is 24.3 Å². The van der Waals surface area contributed by atoms with Crippen molar-refractivity contribution in [2.45, 2.75) is 68.3 Å². The third-order valence-electron chi connectivity index (χ3n) is 8.17. The number of piperidine rings is 1. The molecule has 4 aliphatic rings. The third kappa shape index (κ3) is 4.91. The first-order valence-electron chi connectivity index (χ1n) is 12.4. The zero-order chi connectivity index (χ0) is 25.7. The van der Waals surface area contributed by atoms with E-state index in [1.807, 2.05) is 17.1 Å². The molecule has 5 atom stereocenters. The Kier molecular flexibility index (Phi) is 6.66. The first-order chi connectivity index (χ1) is 16.9. The van der Waals surface area contributed by atoms with Gasteiger partial charge in [0.05, 0.1) is 17.8 Å². The fraction of sp³-hybridized carbons (Fsp3) is 0.615. The molecule has 3 aliphatic heterocycles. The molecule has 0 bridgehead atoms. The smallest absolute Gasteiger partial charge is 0.381 e. The van der Waals surface area contributed by atoms with Crippen molar-refractivity contribution in [3.8, 4) is 0 Å². The van der Waals surface area contributed by atoms with Crippen molar-refractivity contribution < 1.29 is 36.2 Å². The molecule has 0 spiro atoms. The summed E-state index contributed by atoms with van der Waals surface area (Å²) in [6.45, 7) is 0.555. The maximum absolute atomic E-state index is 13.5. The van der Waals surface area contributed by atoms with Gasteiger partial charge in [0.15, 0.2) is 5.60 Å². The Balaban J connectivity index is 1.35. The van der Waals surface area contributed by atoms with Gasteiger partial charge in [-0.25, -0.2) is 0 Å². The van der Waals surface area contributed by atoms with Crippen LogP contribution < -0.4 is 5.32 Å². The summed E-state index contributed by atoms with van der Waals surface area (Å²) in [5, 5.41) is 13.4. The summed E-state index contributed by atoms with van der Waals surface area (Å²) >= 11 is 0. The van der Waals surface area contributed by atoms with Crippen LogP contribution in [0.15, 0.2) is 42.5 Å². The van der Waals surface area contributed by atoms with Crippen LogP contribution in [0.1, 0.15) is 49.3 Å². The first kappa shape index (κ1) is 25.6. The van der Waals surface area contributed by atoms with Crippen molar-refractivity contribution in [2.75, 3.05) is 25.0 Å². The van der Waals surface area contributed by atoms with Gasteiger partial charge in [-0.15, -0.1) is 0 Å². The van der Waals surface area contributed by atoms with Crippen LogP contribution >= 0.6 is 0 Å². The van der Waals surface area contributed by atoms with E-state index in [1.54, 1.807) is 0 Å². The number of nitrogens with zero attached hydrogens (tertiary/aromatic N) is 1. The highest BCUT2D eigenvalue weighted by atomic mass is 19.4. The van der Waals surface area contributed by atoms with Crippen LogP contribution in [0.3, 0.4) is 0 Å². The molecule has 0 amide bonds. The molecule has 3 heterocycles. The highest BCUT2D eigenvalue weighted by Gasteiger charge is 2.54. The number of fused-ring (bicyclic) bond motifs is 3. The minimum absolute atomic E-state index is 0.00170. The number of allylic oxidation sites excluding steroid dienone is 3. The van der Waals surface area contributed by atoms with Gasteiger partial charge < -0.3 is 20.1 Å². The molecule has 2 N–H and O–H groups in total. The van der Waals surface area contributed by atoms with E-state index in [0.29, 0.717) is 24.2 Å². The number of hydrogen-bond acceptors (Lipinski definition) is 4. The van der Waals surface area contributed by atoms with Crippen molar-refractivity contribution in [2.24, 2.45) is 11.8 Å². The predicted octanol–water partition coefficient (Wildman–Crippen LogP) is 5.86. The number of halogens is 6. The number of benzene rings is 1. The van der Waals surface area contributed by atoms with Crippen molar-refractivity contribution in [1.82, 2.24) is 4.90 Å². The van der Waals surface area contributed by atoms with E-state index in [9.17, 15) is 31.4 Å². The minimum Gasteiger partial charge on any atom is -0.381 e. The Morgan fingerprint density at radius 3 is 2.44 bits per heavy atom. The average Bonchev–Trinajstić information content (AvgIpc) is 2.84. The zero-order valence-electron chi connectivity index (χ0n) is 19.7. The van der Waals surface area contributed by atoms with Gasteiger partial charge in [-0.05, 0) is 50.3 Å². The van der Waals surface area contributed by atoms with Gasteiger partial charge in [0.25, 0.3) is 0 Å². The number of anilines is 1. The van der Waals surface area contributed by atoms with Gasteiger partial charge in [0, 0.05) is 48.8 Å². The molecule has 198 valence electrons. The largest absolute Gasteiger partial charge is 0.417 e. The van der Waals surface area contributed by atoms with Crippen LogP contribution in [0.25, 0.3) is 0 Å². The second-order valence-electron chi connectivity index (χ2n) is 10.4. The Morgan fingerprint density at radius 2 is 1.81 bits per heavy atom. The minimum atomic E-state index is -4.67. The fourth-order valence-electron chi connectivity index (χ4n) is 6.07. The molecule has 4 nitrogen and oxygen atoms in total. The van der Waals surface area contributed by atoms with E-state index in [2.05, 4.69) is 17.5 Å². The Hall–Kier alpha value is -2.04. The van der Waals surface area contributed by atoms with Crippen LogP contribution in [-0.4, -0.2) is 53.6 Å². The van der Waals surface area contributed by atoms with Crippen LogP contribution in [0.5, 0.6) is 0 Å². The number of ether oxygens (including phenoxy) is 1. The SMILES string of the molecule is OC1(C(F)(F)F)CCN(C[C@H]2CC[C@@H]3[C@H](O2)c2cc(C(F)(F)F)ccc2N[C@H]3C2C=CC=CC2)CC1. The van der Waals surface area contributed by atoms with Crippen LogP contribution in [0.4, 0.5) is 32.0 Å². The Labute approximate surface area is 206 Å². The first-order valence-corrected chi connectivity index (χ1v) is 12.4. The second-order valence-corrected chi connectivity index (χ2v) is 10.4. The topological polar surface area (TPSA) is 44.7 Å². The van der Waals surface area contributed by atoms with Gasteiger partial charge in [-0.2, -0.15) is 26.3 Å². The van der Waals surface area contributed by atoms with Gasteiger partial charge in [0.1, 0.15) is 0 Å². The quantitative estimate of drug-likeness (QED) is 0.495. The summed E-state index contributed by atoms with van der Waals surface area (Å²) < 4.78 is 86.4. The van der Waals surface area contributed by atoms with Crippen molar-refractivity contribution in [1.29, 1.82) is 0 Å². The van der Waals surface area contributed by atoms with E-state index in [1.165, 1.54) is 12.1 Å². The van der Waals surface area contributed by atoms with E-state index in [0.717, 1.165) is 18.9 Å². The van der Waals surface area contributed by atoms with Crippen LogP contribution in [-0.2, 0) is 10.9 Å². The lowest BCUT2D eigenvalue weighted by molar-refractivity contribution is -0.273. The lowest BCUT2D eigenvalue weighted by Gasteiger charge is -2.48. The average molecular weight is 517 g/mol. The molecule has 2 fully saturated rings. The zero-order valence-corrected chi connectivity index (χ0v) is 19.7. The molecular weight excluding hydrogens is 486 g/mol. The summed E-state index contributed by atoms with van der Waals surface area (Å²) in [5.74, 6) is 0.148. The van der Waals surface area contributed by atoms with E-state index >= 15 is 0 Å². The molecule has 0 aromatic heterocycles. The predicted molar refractivity (Wildman–Crippen MR) is 122 cm³/mol. The summed E-state index contributed by atoms with van der Waals surface area (Å²) in [6, 6.07) is 3.72. The summed E-state index contributed by atoms with van der Waals surface area (Å²) in [7, 11) is 0. The maximum atomic E-state index is 13.5. The number of aliphatic hydroxyl groups is 1. The van der Waals surface area contributed by atoms with E-state index in [4.69, 9.17) is 4.74 Å². The molecule has 1 aliphatic carbocycles. The summed E-state index contributed by atoms with van der Waals surface area (Å²) in [5.41, 5.74) is -2.28. The normalized spacial score (nSPS) is 32.5. The Morgan fingerprint density at radius 1 is 1.06 bits per heavy atom. The molecule has 2 saturated heterocycles. The van der Waals surface area contributed by atoms with Crippen LogP contribution in [0, 0.1) is 11.8 Å². The second kappa shape index (κ2) is 9.36. The van der Waals surface area contributed by atoms with Gasteiger partial charge in [0.2, 0.25) is 0 Å². The lowest BCUT2D eigenvalue weighted by Crippen LogP contribution is -2.55. The van der Waals surface area contributed by atoms with E-state index < -0.39 is 42.5 Å². The number of hydrogen-bond donors (Lipinski definition) is 2. The standard InChI is InChI=1S/C26H30F6N2O2/c27-25(28,29)17-6-9-21-20(14-17)23-19(22(33-21)16-4-2-1-3-5-16)8-7-18(36-23)15-34-12-10-24(35,11-13-34)26(30,31)32/h1-4,6,9,14,16,18-19,22-23,33,35H,5,7-8,10-13,15H2/t16?,18-,19+,22+,23+/m1/s1. The van der Waals surface area contributed by atoms with Crippen molar-refractivity contribution in [3.05, 3.63) is 53.6 Å². The molecule has 5 rings (SSSR count). The highest BCUT2D eigenvalue weighted by Crippen LogP contribution is 2.49. The lowest BCUT2D eigenvalue weighted by atomic mass is 9.73. The molecule has 36 heavy (non-hydrogen) atoms. The molecular formula is C26H30F6N2O2. The molecule has 1 aromatic carbocycles. The molecule has 1 unspecified atom stereocenters. The van der Waals surface area contributed by atoms with Crippen molar-refractivity contribution in [3.63, 3.8) is 0 Å². The maximum Gasteiger partial charge on any atom is 0.417 e. The number of likely N-dealkylation sites (tertiary alicyclic amines) is 1. The third-order valence-corrected chi connectivity index (χ3v) is 8.17. The Bertz CT molecular complexity index is 1010. The molecule has 1 aromatic rings. The fourth-order valence-corrected chi connectivity index (χ4v) is 6.07. The monoisotopic (exact) mass is 516 g/mol. The van der Waals surface area contributed by atoms with E-state index in [-0.39, 0.29) is 37.1 Å². The molecule has 0 saturated carbocycles. The molecule has 10 heteroatoms. The number of nitrogens with one attached hydrogen (secondary N) is 1. The highest BCUT2D eigenvalue weighted by molar-refractivity contribution is 5.58. The van der Waals surface area contributed by atoms with Gasteiger partial charge in [-0.3, -0.25) is 0 Å². The molecule has 0 radical (unpaired) electrons. The van der Waals surface area contributed by atoms with Crippen LogP contribution in [0.2, 0.25) is 0 Å². The van der Waals surface area contributed by atoms with Crippen molar-refractivity contribution >= 4 is 5.69 Å². The van der Waals surface area contributed by atoms with Gasteiger partial charge >= 0.3 is 12.4 Å². The number of rotatable bonds is 3. The summed E-state index contributed by atoms with van der Waals surface area (Å²) in [4.78, 5) is 1.85. The number of alkyl halides is 6. The summed E-state index contributed by atoms with van der Waals surface area (Å²) in [6.07, 6.45) is -0.417.